The lowest BCUT2D eigenvalue weighted by molar-refractivity contribution is -0.119. The summed E-state index contributed by atoms with van der Waals surface area (Å²) in [5.74, 6) is 0.440. The molecule has 0 aromatic rings. The highest BCUT2D eigenvalue weighted by Gasteiger charge is 2.03. The Bertz CT molecular complexity index is 406. The molecule has 0 aliphatic carbocycles. The van der Waals surface area contributed by atoms with Gasteiger partial charge in [0.05, 0.1) is 6.61 Å². The maximum atomic E-state index is 11.6. The van der Waals surface area contributed by atoms with Crippen LogP contribution >= 0.6 is 0 Å². The van der Waals surface area contributed by atoms with Crippen LogP contribution < -0.4 is 0 Å². The maximum Gasteiger partial charge on any atom is 0.397 e. The van der Waals surface area contributed by atoms with Gasteiger partial charge in [0, 0.05) is 12.8 Å². The van der Waals surface area contributed by atoms with E-state index in [-0.39, 0.29) is 6.61 Å². The van der Waals surface area contributed by atoms with Crippen LogP contribution in [0.5, 0.6) is 0 Å². The predicted octanol–water partition coefficient (Wildman–Crippen LogP) is 5.64. The van der Waals surface area contributed by atoms with Crippen molar-refractivity contribution < 1.29 is 21.9 Å². The van der Waals surface area contributed by atoms with Gasteiger partial charge in [-0.05, 0) is 19.3 Å². The Morgan fingerprint density at radius 3 is 1.56 bits per heavy atom. The summed E-state index contributed by atoms with van der Waals surface area (Å²) in [7, 11) is -4.27. The van der Waals surface area contributed by atoms with Gasteiger partial charge >= 0.3 is 10.4 Å². The second-order valence-corrected chi connectivity index (χ2v) is 7.98. The topological polar surface area (TPSA) is 80.7 Å². The molecule has 0 spiro atoms. The van der Waals surface area contributed by atoms with Gasteiger partial charge in [-0.3, -0.25) is 9.35 Å². The monoisotopic (exact) mass is 378 g/mol. The van der Waals surface area contributed by atoms with Crippen molar-refractivity contribution in [3.05, 3.63) is 0 Å². The highest BCUT2D eigenvalue weighted by Crippen LogP contribution is 2.13. The fraction of sp³-hybridized carbons (Fsp3) is 0.947. The van der Waals surface area contributed by atoms with E-state index in [0.29, 0.717) is 12.2 Å². The zero-order chi connectivity index (χ0) is 18.8. The van der Waals surface area contributed by atoms with E-state index < -0.39 is 10.4 Å². The summed E-state index contributed by atoms with van der Waals surface area (Å²) in [4.78, 5) is 11.6. The smallest absolute Gasteiger partial charge is 0.300 e. The van der Waals surface area contributed by atoms with E-state index in [2.05, 4.69) is 11.1 Å². The summed E-state index contributed by atoms with van der Waals surface area (Å²) in [5.41, 5.74) is 0. The van der Waals surface area contributed by atoms with Crippen molar-refractivity contribution in [2.75, 3.05) is 6.61 Å². The van der Waals surface area contributed by atoms with Crippen LogP contribution in [0.15, 0.2) is 0 Å². The van der Waals surface area contributed by atoms with Gasteiger partial charge in [-0.1, -0.05) is 77.6 Å². The van der Waals surface area contributed by atoms with Crippen LogP contribution in [-0.2, 0) is 19.4 Å². The highest BCUT2D eigenvalue weighted by atomic mass is 32.3. The molecule has 0 amide bonds. The second kappa shape index (κ2) is 17.0. The van der Waals surface area contributed by atoms with Crippen LogP contribution in [0.4, 0.5) is 0 Å². The number of Topliss-reactive ketones (excluding diaryl/α,β-unsaturated/α-hetero) is 1. The molecule has 6 heteroatoms. The molecule has 0 aliphatic heterocycles. The average Bonchev–Trinajstić information content (AvgIpc) is 2.54. The van der Waals surface area contributed by atoms with Crippen molar-refractivity contribution in [2.45, 2.75) is 110 Å². The van der Waals surface area contributed by atoms with Crippen molar-refractivity contribution >= 4 is 16.2 Å². The van der Waals surface area contributed by atoms with Crippen LogP contribution in [0.25, 0.3) is 0 Å². The molecule has 5 nitrogen and oxygen atoms in total. The summed E-state index contributed by atoms with van der Waals surface area (Å²) in [5, 5.41) is 0. The first-order valence-electron chi connectivity index (χ1n) is 10.1. The zero-order valence-electron chi connectivity index (χ0n) is 16.0. The summed E-state index contributed by atoms with van der Waals surface area (Å²) in [6.45, 7) is 2.23. The number of carbonyl (C=O) groups excluding carboxylic acids is 1. The summed E-state index contributed by atoms with van der Waals surface area (Å²) in [6.07, 6.45) is 17.2. The molecule has 150 valence electrons. The SMILES string of the molecule is CCCCCC(=O)CCCCCCCCCCCCCOS(=O)(=O)O. The normalized spacial score (nSPS) is 11.8. The van der Waals surface area contributed by atoms with Crippen LogP contribution in [0.3, 0.4) is 0 Å². The van der Waals surface area contributed by atoms with E-state index in [4.69, 9.17) is 4.55 Å². The average molecular weight is 379 g/mol. The van der Waals surface area contributed by atoms with Crippen molar-refractivity contribution in [3.63, 3.8) is 0 Å². The first kappa shape index (κ1) is 24.5. The van der Waals surface area contributed by atoms with Crippen LogP contribution in [0.2, 0.25) is 0 Å². The molecule has 0 saturated carbocycles. The van der Waals surface area contributed by atoms with Crippen LogP contribution in [0, 0.1) is 0 Å². The molecular weight excluding hydrogens is 340 g/mol. The van der Waals surface area contributed by atoms with Crippen LogP contribution in [0.1, 0.15) is 110 Å². The molecule has 0 heterocycles. The fourth-order valence-corrected chi connectivity index (χ4v) is 3.21. The molecule has 1 N–H and O–H groups in total. The molecule has 25 heavy (non-hydrogen) atoms. The van der Waals surface area contributed by atoms with Gasteiger partial charge in [0.1, 0.15) is 5.78 Å². The molecule has 0 saturated heterocycles. The van der Waals surface area contributed by atoms with E-state index in [0.717, 1.165) is 44.9 Å². The number of rotatable bonds is 19. The number of carbonyl (C=O) groups is 1. The second-order valence-electron chi connectivity index (χ2n) is 6.88. The largest absolute Gasteiger partial charge is 0.397 e. The lowest BCUT2D eigenvalue weighted by atomic mass is 10.0. The summed E-state index contributed by atoms with van der Waals surface area (Å²) >= 11 is 0. The Hall–Kier alpha value is -0.460. The number of hydrogen-bond acceptors (Lipinski definition) is 4. The molecule has 0 aromatic carbocycles. The third-order valence-corrected chi connectivity index (χ3v) is 4.86. The lowest BCUT2D eigenvalue weighted by Gasteiger charge is -2.03. The van der Waals surface area contributed by atoms with Gasteiger partial charge in [0.15, 0.2) is 0 Å². The molecule has 0 aliphatic rings. The Balaban J connectivity index is 3.15. The van der Waals surface area contributed by atoms with Gasteiger partial charge in [-0.2, -0.15) is 8.42 Å². The van der Waals surface area contributed by atoms with E-state index in [9.17, 15) is 13.2 Å². The van der Waals surface area contributed by atoms with Gasteiger partial charge < -0.3 is 0 Å². The fourth-order valence-electron chi connectivity index (χ4n) is 2.88. The standard InChI is InChI=1S/C19H38O5S/c1-2-3-13-16-19(20)17-14-11-9-7-5-4-6-8-10-12-15-18-24-25(21,22)23/h2-18H2,1H3,(H,21,22,23). The minimum atomic E-state index is -4.27. The van der Waals surface area contributed by atoms with Gasteiger partial charge in [-0.15, -0.1) is 0 Å². The quantitative estimate of drug-likeness (QED) is 0.232. The molecule has 0 unspecified atom stereocenters. The van der Waals surface area contributed by atoms with E-state index in [1.807, 2.05) is 0 Å². The molecule has 0 fully saturated rings. The molecule has 0 radical (unpaired) electrons. The Morgan fingerprint density at radius 2 is 1.12 bits per heavy atom. The van der Waals surface area contributed by atoms with Gasteiger partial charge in [0.2, 0.25) is 0 Å². The Morgan fingerprint density at radius 1 is 0.720 bits per heavy atom. The Labute approximate surface area is 154 Å². The summed E-state index contributed by atoms with van der Waals surface area (Å²) in [6, 6.07) is 0. The van der Waals surface area contributed by atoms with Gasteiger partial charge in [0.25, 0.3) is 0 Å². The van der Waals surface area contributed by atoms with E-state index in [1.165, 1.54) is 51.4 Å². The minimum absolute atomic E-state index is 0.0694. The molecule has 0 bridgehead atoms. The highest BCUT2D eigenvalue weighted by molar-refractivity contribution is 7.80. The minimum Gasteiger partial charge on any atom is -0.300 e. The molecule has 0 aromatic heterocycles. The van der Waals surface area contributed by atoms with Crippen molar-refractivity contribution in [1.82, 2.24) is 0 Å². The predicted molar refractivity (Wildman–Crippen MR) is 102 cm³/mol. The molecular formula is C19H38O5S. The lowest BCUT2D eigenvalue weighted by Crippen LogP contribution is -2.04. The first-order chi connectivity index (χ1) is 12.0. The maximum absolute atomic E-state index is 11.6. The third-order valence-electron chi connectivity index (χ3n) is 4.39. The van der Waals surface area contributed by atoms with Crippen molar-refractivity contribution in [1.29, 1.82) is 0 Å². The molecule has 0 rings (SSSR count). The molecule has 0 atom stereocenters. The first-order valence-corrected chi connectivity index (χ1v) is 11.5. The zero-order valence-corrected chi connectivity index (χ0v) is 16.8. The number of unbranched alkanes of at least 4 members (excludes halogenated alkanes) is 12. The van der Waals surface area contributed by atoms with Crippen LogP contribution in [-0.4, -0.2) is 25.4 Å². The van der Waals surface area contributed by atoms with E-state index >= 15 is 0 Å². The Kier molecular flexibility index (Phi) is 16.7. The number of ketones is 1. The third kappa shape index (κ3) is 21.5. The van der Waals surface area contributed by atoms with E-state index in [1.54, 1.807) is 0 Å². The van der Waals surface area contributed by atoms with Crippen molar-refractivity contribution in [2.24, 2.45) is 0 Å². The number of hydrogen-bond donors (Lipinski definition) is 1. The summed E-state index contributed by atoms with van der Waals surface area (Å²) < 4.78 is 33.3. The van der Waals surface area contributed by atoms with Crippen molar-refractivity contribution in [3.8, 4) is 0 Å². The van der Waals surface area contributed by atoms with Gasteiger partial charge in [-0.25, -0.2) is 4.18 Å².